The summed E-state index contributed by atoms with van der Waals surface area (Å²) in [4.78, 5) is 11.4. The van der Waals surface area contributed by atoms with Crippen LogP contribution in [0.5, 0.6) is 5.75 Å². The van der Waals surface area contributed by atoms with E-state index in [1.54, 1.807) is 13.0 Å². The van der Waals surface area contributed by atoms with Gasteiger partial charge in [0, 0.05) is 10.5 Å². The van der Waals surface area contributed by atoms with Crippen LogP contribution in [0.3, 0.4) is 0 Å². The van der Waals surface area contributed by atoms with Crippen LogP contribution in [0.1, 0.15) is 25.8 Å². The fraction of sp³-hybridized carbons (Fsp3) is 0.462. The summed E-state index contributed by atoms with van der Waals surface area (Å²) in [6.45, 7) is 5.50. The molecule has 0 aliphatic heterocycles. The molecule has 0 fully saturated rings. The smallest absolute Gasteiger partial charge is 0.241 e. The Hall–Kier alpha value is -1.12. The summed E-state index contributed by atoms with van der Waals surface area (Å²) in [7, 11) is -3.90. The molecule has 21 heavy (non-hydrogen) atoms. The number of nitrogens with two attached hydrogens (primary N) is 1. The van der Waals surface area contributed by atoms with Gasteiger partial charge in [-0.25, -0.2) is 13.6 Å². The van der Waals surface area contributed by atoms with E-state index in [0.717, 1.165) is 0 Å². The summed E-state index contributed by atoms with van der Waals surface area (Å²) in [5.74, 6) is 0.0231. The SMILES string of the molecule is Cc1cc(Br)cc(S(N)(=O)=O)c1OCCC(=O)NC(C)C. The lowest BCUT2D eigenvalue weighted by molar-refractivity contribution is -0.122. The van der Waals surface area contributed by atoms with E-state index in [9.17, 15) is 13.2 Å². The van der Waals surface area contributed by atoms with Crippen molar-refractivity contribution in [3.63, 3.8) is 0 Å². The van der Waals surface area contributed by atoms with E-state index in [2.05, 4.69) is 21.2 Å². The van der Waals surface area contributed by atoms with Crippen LogP contribution in [0.15, 0.2) is 21.5 Å². The van der Waals surface area contributed by atoms with Gasteiger partial charge >= 0.3 is 0 Å². The van der Waals surface area contributed by atoms with Crippen molar-refractivity contribution < 1.29 is 17.9 Å². The summed E-state index contributed by atoms with van der Waals surface area (Å²) in [5, 5.41) is 7.91. The molecule has 0 heterocycles. The van der Waals surface area contributed by atoms with Crippen molar-refractivity contribution >= 4 is 31.9 Å². The van der Waals surface area contributed by atoms with Gasteiger partial charge in [0.25, 0.3) is 0 Å². The van der Waals surface area contributed by atoms with Crippen LogP contribution < -0.4 is 15.2 Å². The minimum Gasteiger partial charge on any atom is -0.491 e. The highest BCUT2D eigenvalue weighted by atomic mass is 79.9. The fourth-order valence-corrected chi connectivity index (χ4v) is 3.23. The van der Waals surface area contributed by atoms with Crippen LogP contribution in [-0.2, 0) is 14.8 Å². The number of ether oxygens (including phenoxy) is 1. The fourth-order valence-electron chi connectivity index (χ4n) is 1.74. The number of aryl methyl sites for hydroxylation is 1. The lowest BCUT2D eigenvalue weighted by Crippen LogP contribution is -2.31. The van der Waals surface area contributed by atoms with E-state index in [-0.39, 0.29) is 35.6 Å². The monoisotopic (exact) mass is 378 g/mol. The van der Waals surface area contributed by atoms with E-state index >= 15 is 0 Å². The second-order valence-corrected chi connectivity index (χ2v) is 7.36. The van der Waals surface area contributed by atoms with Crippen molar-refractivity contribution in [1.29, 1.82) is 0 Å². The average Bonchev–Trinajstić information content (AvgIpc) is 2.29. The third-order valence-corrected chi connectivity index (χ3v) is 3.91. The summed E-state index contributed by atoms with van der Waals surface area (Å²) in [6, 6.07) is 3.15. The topological polar surface area (TPSA) is 98.5 Å². The van der Waals surface area contributed by atoms with Gasteiger partial charge in [0.15, 0.2) is 0 Å². The van der Waals surface area contributed by atoms with Crippen molar-refractivity contribution in [2.75, 3.05) is 6.61 Å². The van der Waals surface area contributed by atoms with Gasteiger partial charge in [-0.1, -0.05) is 15.9 Å². The molecule has 0 radical (unpaired) electrons. The van der Waals surface area contributed by atoms with Gasteiger partial charge in [0.05, 0.1) is 13.0 Å². The second kappa shape index (κ2) is 7.24. The van der Waals surface area contributed by atoms with Gasteiger partial charge in [-0.2, -0.15) is 0 Å². The number of rotatable bonds is 6. The molecule has 0 atom stereocenters. The molecule has 3 N–H and O–H groups in total. The Morgan fingerprint density at radius 2 is 2.05 bits per heavy atom. The predicted molar refractivity (Wildman–Crippen MR) is 83.6 cm³/mol. The molecule has 1 rings (SSSR count). The first-order valence-electron chi connectivity index (χ1n) is 6.36. The van der Waals surface area contributed by atoms with Crippen LogP contribution in [-0.4, -0.2) is 27.0 Å². The third kappa shape index (κ3) is 5.64. The molecule has 1 aromatic rings. The number of carbonyl (C=O) groups is 1. The van der Waals surface area contributed by atoms with Gasteiger partial charge < -0.3 is 10.1 Å². The van der Waals surface area contributed by atoms with E-state index in [4.69, 9.17) is 9.88 Å². The molecule has 6 nitrogen and oxygen atoms in total. The molecule has 8 heteroatoms. The zero-order chi connectivity index (χ0) is 16.2. The molecular formula is C13H19BrN2O4S. The summed E-state index contributed by atoms with van der Waals surface area (Å²) >= 11 is 3.22. The Bertz CT molecular complexity index is 629. The highest BCUT2D eigenvalue weighted by Crippen LogP contribution is 2.30. The van der Waals surface area contributed by atoms with Crippen molar-refractivity contribution in [2.45, 2.75) is 38.1 Å². The van der Waals surface area contributed by atoms with Gasteiger partial charge in [-0.15, -0.1) is 0 Å². The Balaban J connectivity index is 2.87. The molecular weight excluding hydrogens is 360 g/mol. The van der Waals surface area contributed by atoms with Crippen LogP contribution in [0.4, 0.5) is 0 Å². The van der Waals surface area contributed by atoms with Crippen LogP contribution in [0.25, 0.3) is 0 Å². The number of hydrogen-bond acceptors (Lipinski definition) is 4. The normalized spacial score (nSPS) is 11.5. The number of hydrogen-bond donors (Lipinski definition) is 2. The predicted octanol–water partition coefficient (Wildman–Crippen LogP) is 1.70. The largest absolute Gasteiger partial charge is 0.491 e. The van der Waals surface area contributed by atoms with Crippen molar-refractivity contribution in [1.82, 2.24) is 5.32 Å². The molecule has 1 aromatic carbocycles. The molecule has 0 spiro atoms. The molecule has 0 saturated carbocycles. The quantitative estimate of drug-likeness (QED) is 0.786. The molecule has 0 aliphatic carbocycles. The molecule has 118 valence electrons. The second-order valence-electron chi connectivity index (χ2n) is 4.92. The molecule has 0 aliphatic rings. The number of amides is 1. The minimum absolute atomic E-state index is 0.0481. The molecule has 0 aromatic heterocycles. The summed E-state index contributed by atoms with van der Waals surface area (Å²) in [6.07, 6.45) is 0.137. The van der Waals surface area contributed by atoms with Crippen molar-refractivity contribution in [3.8, 4) is 5.75 Å². The van der Waals surface area contributed by atoms with Crippen molar-refractivity contribution in [3.05, 3.63) is 22.2 Å². The average molecular weight is 379 g/mol. The Kier molecular flexibility index (Phi) is 6.18. The standard InChI is InChI=1S/C13H19BrN2O4S/c1-8(2)16-12(17)4-5-20-13-9(3)6-10(14)7-11(13)21(15,18)19/h6-8H,4-5H2,1-3H3,(H,16,17)(H2,15,18,19). The third-order valence-electron chi connectivity index (χ3n) is 2.54. The van der Waals surface area contributed by atoms with E-state index in [1.807, 2.05) is 13.8 Å². The maximum atomic E-state index is 11.6. The van der Waals surface area contributed by atoms with E-state index in [0.29, 0.717) is 10.0 Å². The number of primary sulfonamides is 1. The Labute approximate surface area is 133 Å². The first-order valence-corrected chi connectivity index (χ1v) is 8.70. The van der Waals surface area contributed by atoms with Gasteiger partial charge in [0.1, 0.15) is 10.6 Å². The molecule has 0 saturated heterocycles. The van der Waals surface area contributed by atoms with Crippen LogP contribution in [0.2, 0.25) is 0 Å². The Morgan fingerprint density at radius 3 is 2.57 bits per heavy atom. The molecule has 1 amide bonds. The zero-order valence-electron chi connectivity index (χ0n) is 12.1. The van der Waals surface area contributed by atoms with Gasteiger partial charge in [-0.05, 0) is 38.5 Å². The highest BCUT2D eigenvalue weighted by molar-refractivity contribution is 9.10. The highest BCUT2D eigenvalue weighted by Gasteiger charge is 2.19. The number of benzene rings is 1. The number of halogens is 1. The van der Waals surface area contributed by atoms with Gasteiger partial charge in [0.2, 0.25) is 15.9 Å². The Morgan fingerprint density at radius 1 is 1.43 bits per heavy atom. The summed E-state index contributed by atoms with van der Waals surface area (Å²) in [5.41, 5.74) is 0.623. The maximum absolute atomic E-state index is 11.6. The number of sulfonamides is 1. The van der Waals surface area contributed by atoms with E-state index < -0.39 is 10.0 Å². The van der Waals surface area contributed by atoms with Gasteiger partial charge in [-0.3, -0.25) is 4.79 Å². The lowest BCUT2D eigenvalue weighted by atomic mass is 10.2. The number of carbonyl (C=O) groups excluding carboxylic acids is 1. The molecule has 0 bridgehead atoms. The van der Waals surface area contributed by atoms with E-state index in [1.165, 1.54) is 6.07 Å². The number of nitrogens with one attached hydrogen (secondary N) is 1. The summed E-state index contributed by atoms with van der Waals surface area (Å²) < 4.78 is 29.2. The van der Waals surface area contributed by atoms with Crippen LogP contribution >= 0.6 is 15.9 Å². The minimum atomic E-state index is -3.90. The molecule has 0 unspecified atom stereocenters. The van der Waals surface area contributed by atoms with Crippen LogP contribution in [0, 0.1) is 6.92 Å². The first kappa shape index (κ1) is 17.9. The lowest BCUT2D eigenvalue weighted by Gasteiger charge is -2.14. The van der Waals surface area contributed by atoms with Crippen molar-refractivity contribution in [2.24, 2.45) is 5.14 Å². The first-order chi connectivity index (χ1) is 9.61. The zero-order valence-corrected chi connectivity index (χ0v) is 14.5. The maximum Gasteiger partial charge on any atom is 0.241 e.